The molecule has 0 fully saturated rings. The van der Waals surface area contributed by atoms with E-state index in [-0.39, 0.29) is 11.4 Å². The van der Waals surface area contributed by atoms with Crippen molar-refractivity contribution in [2.45, 2.75) is 13.8 Å². The van der Waals surface area contributed by atoms with E-state index in [1.54, 1.807) is 25.1 Å². The Morgan fingerprint density at radius 2 is 2.00 bits per heavy atom. The van der Waals surface area contributed by atoms with Crippen LogP contribution in [0, 0.1) is 19.7 Å². The topological polar surface area (TPSA) is 45.8 Å². The van der Waals surface area contributed by atoms with Gasteiger partial charge in [-0.15, -0.1) is 11.3 Å². The highest BCUT2D eigenvalue weighted by Crippen LogP contribution is 2.36. The van der Waals surface area contributed by atoms with Gasteiger partial charge in [-0.05, 0) is 25.5 Å². The second-order valence-electron chi connectivity index (χ2n) is 4.37. The predicted octanol–water partition coefficient (Wildman–Crippen LogP) is 3.41. The van der Waals surface area contributed by atoms with Crippen LogP contribution < -0.4 is 5.56 Å². The Kier molecular flexibility index (Phi) is 2.71. The average molecular weight is 274 g/mol. The predicted molar refractivity (Wildman–Crippen MR) is 75.1 cm³/mol. The number of hydrogen-bond donors (Lipinski definition) is 1. The number of nitrogens with one attached hydrogen (secondary N) is 1. The quantitative estimate of drug-likeness (QED) is 0.739. The molecule has 0 aliphatic carbocycles. The van der Waals surface area contributed by atoms with E-state index in [2.05, 4.69) is 9.97 Å². The standard InChI is InChI=1S/C14H11FN2OS/c1-7-11-13(18)16-8(2)17-14(11)19-12(7)9-5-3-4-6-10(9)15/h3-6H,1-2H3,(H,16,17,18). The van der Waals surface area contributed by atoms with Gasteiger partial charge in [0, 0.05) is 10.4 Å². The van der Waals surface area contributed by atoms with Crippen molar-refractivity contribution in [2.24, 2.45) is 0 Å². The summed E-state index contributed by atoms with van der Waals surface area (Å²) in [6, 6.07) is 6.57. The number of benzene rings is 1. The minimum atomic E-state index is -0.287. The lowest BCUT2D eigenvalue weighted by atomic mass is 10.1. The molecule has 3 nitrogen and oxygen atoms in total. The molecule has 0 saturated heterocycles. The molecular formula is C14H11FN2OS. The molecule has 0 radical (unpaired) electrons. The molecule has 96 valence electrons. The van der Waals surface area contributed by atoms with Crippen LogP contribution in [0.1, 0.15) is 11.4 Å². The number of thiophene rings is 1. The number of aromatic nitrogens is 2. The van der Waals surface area contributed by atoms with Gasteiger partial charge >= 0.3 is 0 Å². The second-order valence-corrected chi connectivity index (χ2v) is 5.37. The molecule has 0 saturated carbocycles. The summed E-state index contributed by atoms with van der Waals surface area (Å²) in [5.41, 5.74) is 1.12. The zero-order valence-corrected chi connectivity index (χ0v) is 11.3. The first-order chi connectivity index (χ1) is 9.08. The van der Waals surface area contributed by atoms with Crippen molar-refractivity contribution in [1.29, 1.82) is 0 Å². The minimum Gasteiger partial charge on any atom is -0.310 e. The maximum Gasteiger partial charge on any atom is 0.259 e. The van der Waals surface area contributed by atoms with Crippen LogP contribution in [0.3, 0.4) is 0 Å². The van der Waals surface area contributed by atoms with Crippen LogP contribution in [0.5, 0.6) is 0 Å². The van der Waals surface area contributed by atoms with E-state index in [0.29, 0.717) is 21.6 Å². The van der Waals surface area contributed by atoms with E-state index in [9.17, 15) is 9.18 Å². The van der Waals surface area contributed by atoms with Gasteiger partial charge in [0.25, 0.3) is 5.56 Å². The molecule has 19 heavy (non-hydrogen) atoms. The van der Waals surface area contributed by atoms with Crippen molar-refractivity contribution >= 4 is 21.6 Å². The van der Waals surface area contributed by atoms with Crippen molar-refractivity contribution in [2.75, 3.05) is 0 Å². The molecule has 3 aromatic rings. The maximum atomic E-state index is 13.9. The highest BCUT2D eigenvalue weighted by atomic mass is 32.1. The van der Waals surface area contributed by atoms with Gasteiger partial charge in [0.1, 0.15) is 16.5 Å². The normalized spacial score (nSPS) is 11.1. The first-order valence-corrected chi connectivity index (χ1v) is 6.64. The third kappa shape index (κ3) is 1.86. The lowest BCUT2D eigenvalue weighted by Crippen LogP contribution is -2.08. The number of hydrogen-bond acceptors (Lipinski definition) is 3. The van der Waals surface area contributed by atoms with Crippen molar-refractivity contribution in [1.82, 2.24) is 9.97 Å². The van der Waals surface area contributed by atoms with Crippen molar-refractivity contribution in [3.05, 3.63) is 51.8 Å². The third-order valence-corrected chi connectivity index (χ3v) is 4.26. The summed E-state index contributed by atoms with van der Waals surface area (Å²) in [7, 11) is 0. The molecule has 2 heterocycles. The van der Waals surface area contributed by atoms with Crippen LogP contribution >= 0.6 is 11.3 Å². The van der Waals surface area contributed by atoms with Crippen LogP contribution in [0.15, 0.2) is 29.1 Å². The molecule has 0 aliphatic rings. The number of aromatic amines is 1. The highest BCUT2D eigenvalue weighted by molar-refractivity contribution is 7.22. The summed E-state index contributed by atoms with van der Waals surface area (Å²) < 4.78 is 13.9. The average Bonchev–Trinajstić information content (AvgIpc) is 2.67. The third-order valence-electron chi connectivity index (χ3n) is 3.04. The highest BCUT2D eigenvalue weighted by Gasteiger charge is 2.16. The van der Waals surface area contributed by atoms with Crippen LogP contribution in [0.25, 0.3) is 20.7 Å². The summed E-state index contributed by atoms with van der Waals surface area (Å²) in [6.45, 7) is 3.56. The number of H-pyrrole nitrogens is 1. The van der Waals surface area contributed by atoms with Crippen LogP contribution in [0.4, 0.5) is 4.39 Å². The number of halogens is 1. The Morgan fingerprint density at radius 1 is 1.26 bits per heavy atom. The lowest BCUT2D eigenvalue weighted by Gasteiger charge is -2.00. The summed E-state index contributed by atoms with van der Waals surface area (Å²) >= 11 is 1.35. The van der Waals surface area contributed by atoms with Crippen LogP contribution in [-0.2, 0) is 0 Å². The molecule has 0 atom stereocenters. The Hall–Kier alpha value is -2.01. The monoisotopic (exact) mass is 274 g/mol. The molecule has 1 aromatic carbocycles. The van der Waals surface area contributed by atoms with E-state index in [4.69, 9.17) is 0 Å². The van der Waals surface area contributed by atoms with Gasteiger partial charge in [0.2, 0.25) is 0 Å². The van der Waals surface area contributed by atoms with Crippen LogP contribution in [-0.4, -0.2) is 9.97 Å². The van der Waals surface area contributed by atoms with E-state index in [0.717, 1.165) is 10.4 Å². The number of aryl methyl sites for hydroxylation is 2. The Morgan fingerprint density at radius 3 is 2.74 bits per heavy atom. The first kappa shape index (κ1) is 12.0. The van der Waals surface area contributed by atoms with Gasteiger partial charge in [-0.3, -0.25) is 4.79 Å². The van der Waals surface area contributed by atoms with Crippen molar-refractivity contribution in [3.8, 4) is 10.4 Å². The van der Waals surface area contributed by atoms with Crippen molar-refractivity contribution < 1.29 is 4.39 Å². The molecule has 0 unspecified atom stereocenters. The zero-order valence-electron chi connectivity index (χ0n) is 10.5. The molecular weight excluding hydrogens is 263 g/mol. The largest absolute Gasteiger partial charge is 0.310 e. The summed E-state index contributed by atoms with van der Waals surface area (Å²) in [6.07, 6.45) is 0. The summed E-state index contributed by atoms with van der Waals surface area (Å²) in [5.74, 6) is 0.282. The van der Waals surface area contributed by atoms with E-state index >= 15 is 0 Å². The summed E-state index contributed by atoms with van der Waals surface area (Å²) in [5, 5.41) is 0.550. The Bertz CT molecular complexity index is 835. The van der Waals surface area contributed by atoms with Crippen molar-refractivity contribution in [3.63, 3.8) is 0 Å². The molecule has 0 aliphatic heterocycles. The maximum absolute atomic E-state index is 13.9. The summed E-state index contributed by atoms with van der Waals surface area (Å²) in [4.78, 5) is 20.4. The van der Waals surface area contributed by atoms with Crippen LogP contribution in [0.2, 0.25) is 0 Å². The lowest BCUT2D eigenvalue weighted by molar-refractivity contribution is 0.631. The van der Waals surface area contributed by atoms with Gasteiger partial charge in [-0.25, -0.2) is 9.37 Å². The Balaban J connectivity index is 2.39. The molecule has 5 heteroatoms. The fourth-order valence-corrected chi connectivity index (χ4v) is 3.41. The number of fused-ring (bicyclic) bond motifs is 1. The molecule has 2 aromatic heterocycles. The van der Waals surface area contributed by atoms with Gasteiger partial charge in [-0.1, -0.05) is 18.2 Å². The second kappa shape index (κ2) is 4.28. The zero-order chi connectivity index (χ0) is 13.6. The van der Waals surface area contributed by atoms with Gasteiger partial charge in [0.15, 0.2) is 0 Å². The molecule has 0 spiro atoms. The van der Waals surface area contributed by atoms with E-state index < -0.39 is 0 Å². The fourth-order valence-electron chi connectivity index (χ4n) is 2.15. The van der Waals surface area contributed by atoms with Gasteiger partial charge < -0.3 is 4.98 Å². The SMILES string of the molecule is Cc1nc2sc(-c3ccccc3F)c(C)c2c(=O)[nH]1. The van der Waals surface area contributed by atoms with E-state index in [1.165, 1.54) is 17.4 Å². The smallest absolute Gasteiger partial charge is 0.259 e. The Labute approximate surface area is 112 Å². The molecule has 3 rings (SSSR count). The molecule has 0 amide bonds. The number of rotatable bonds is 1. The fraction of sp³-hybridized carbons (Fsp3) is 0.143. The minimum absolute atomic E-state index is 0.168. The number of nitrogens with zero attached hydrogens (tertiary/aromatic N) is 1. The van der Waals surface area contributed by atoms with Gasteiger partial charge in [-0.2, -0.15) is 0 Å². The van der Waals surface area contributed by atoms with E-state index in [1.807, 2.05) is 6.92 Å². The molecule has 1 N–H and O–H groups in total. The molecule has 0 bridgehead atoms. The van der Waals surface area contributed by atoms with Gasteiger partial charge in [0.05, 0.1) is 5.39 Å². The first-order valence-electron chi connectivity index (χ1n) is 5.83.